The lowest BCUT2D eigenvalue weighted by molar-refractivity contribution is -0.115. The SMILES string of the molecule is CCN(CC)CC#Cc1cc2nccc(Oc3ccc(NC(=O)Cc4ccccc4)cc3F)c2s1. The monoisotopic (exact) mass is 487 g/mol. The van der Waals surface area contributed by atoms with Gasteiger partial charge in [-0.15, -0.1) is 11.3 Å². The van der Waals surface area contributed by atoms with E-state index in [4.69, 9.17) is 4.74 Å². The van der Waals surface area contributed by atoms with Crippen LogP contribution in [0.25, 0.3) is 10.2 Å². The van der Waals surface area contributed by atoms with E-state index in [0.29, 0.717) is 18.0 Å². The highest BCUT2D eigenvalue weighted by Crippen LogP contribution is 2.35. The summed E-state index contributed by atoms with van der Waals surface area (Å²) in [5.74, 6) is 6.20. The van der Waals surface area contributed by atoms with Crippen molar-refractivity contribution < 1.29 is 13.9 Å². The molecule has 0 aliphatic heterocycles. The Morgan fingerprint density at radius 2 is 1.89 bits per heavy atom. The Kier molecular flexibility index (Phi) is 8.09. The molecule has 35 heavy (non-hydrogen) atoms. The molecule has 1 amide bonds. The number of halogens is 1. The molecule has 2 aromatic carbocycles. The average molecular weight is 488 g/mol. The lowest BCUT2D eigenvalue weighted by Crippen LogP contribution is -2.22. The topological polar surface area (TPSA) is 54.5 Å². The van der Waals surface area contributed by atoms with Crippen LogP contribution in [0.4, 0.5) is 10.1 Å². The minimum atomic E-state index is -0.566. The smallest absolute Gasteiger partial charge is 0.228 e. The molecule has 0 atom stereocenters. The maximum absolute atomic E-state index is 14.8. The number of amides is 1. The third-order valence-electron chi connectivity index (χ3n) is 5.43. The second kappa shape index (κ2) is 11.6. The molecule has 2 heterocycles. The van der Waals surface area contributed by atoms with E-state index in [1.807, 2.05) is 36.4 Å². The van der Waals surface area contributed by atoms with Crippen LogP contribution in [0.5, 0.6) is 11.5 Å². The number of fused-ring (bicyclic) bond motifs is 1. The van der Waals surface area contributed by atoms with E-state index < -0.39 is 5.82 Å². The quantitative estimate of drug-likeness (QED) is 0.305. The summed E-state index contributed by atoms with van der Waals surface area (Å²) >= 11 is 1.47. The van der Waals surface area contributed by atoms with E-state index in [2.05, 4.69) is 40.9 Å². The number of ether oxygens (including phenoxy) is 1. The zero-order valence-electron chi connectivity index (χ0n) is 19.7. The largest absolute Gasteiger partial charge is 0.453 e. The Bertz CT molecular complexity index is 1370. The molecule has 0 saturated heterocycles. The van der Waals surface area contributed by atoms with Gasteiger partial charge in [-0.05, 0) is 36.9 Å². The van der Waals surface area contributed by atoms with Gasteiger partial charge in [0.05, 0.1) is 28.1 Å². The van der Waals surface area contributed by atoms with Crippen LogP contribution in [-0.4, -0.2) is 35.4 Å². The highest BCUT2D eigenvalue weighted by atomic mass is 32.1. The molecule has 7 heteroatoms. The highest BCUT2D eigenvalue weighted by molar-refractivity contribution is 7.19. The summed E-state index contributed by atoms with van der Waals surface area (Å²) in [4.78, 5) is 19.8. The fraction of sp³-hybridized carbons (Fsp3) is 0.214. The third-order valence-corrected chi connectivity index (χ3v) is 6.48. The lowest BCUT2D eigenvalue weighted by atomic mass is 10.1. The second-order valence-corrected chi connectivity index (χ2v) is 8.91. The van der Waals surface area contributed by atoms with E-state index >= 15 is 0 Å². The number of hydrogen-bond donors (Lipinski definition) is 1. The summed E-state index contributed by atoms with van der Waals surface area (Å²) in [5.41, 5.74) is 2.02. The summed E-state index contributed by atoms with van der Waals surface area (Å²) in [5, 5.41) is 2.73. The Morgan fingerprint density at radius 3 is 2.63 bits per heavy atom. The summed E-state index contributed by atoms with van der Waals surface area (Å²) in [6, 6.07) is 17.4. The van der Waals surface area contributed by atoms with Gasteiger partial charge in [-0.25, -0.2) is 4.39 Å². The zero-order valence-corrected chi connectivity index (χ0v) is 20.5. The first-order chi connectivity index (χ1) is 17.1. The van der Waals surface area contributed by atoms with E-state index in [1.165, 1.54) is 23.5 Å². The van der Waals surface area contributed by atoms with Crippen LogP contribution in [0, 0.1) is 17.7 Å². The standard InChI is InChI=1S/C28H26FN3O2S/c1-3-32(4-2)16-8-11-22-19-24-28(35-22)26(14-15-30-24)34-25-13-12-21(18-23(25)29)31-27(33)17-20-9-6-5-7-10-20/h5-7,9-10,12-15,18-19H,3-4,16-17H2,1-2H3,(H,31,33). The van der Waals surface area contributed by atoms with Crippen molar-refractivity contribution in [3.05, 3.63) is 83.1 Å². The van der Waals surface area contributed by atoms with Gasteiger partial charge in [0.2, 0.25) is 5.91 Å². The number of rotatable bonds is 8. The van der Waals surface area contributed by atoms with Crippen LogP contribution in [0.15, 0.2) is 66.9 Å². The Labute approximate surface area is 208 Å². The molecule has 0 radical (unpaired) electrons. The molecular formula is C28H26FN3O2S. The molecule has 2 aromatic heterocycles. The van der Waals surface area contributed by atoms with Gasteiger partial charge in [-0.2, -0.15) is 0 Å². The fourth-order valence-corrected chi connectivity index (χ4v) is 4.45. The number of carbonyl (C=O) groups excluding carboxylic acids is 1. The lowest BCUT2D eigenvalue weighted by Gasteiger charge is -2.12. The molecule has 0 spiro atoms. The molecule has 0 saturated carbocycles. The van der Waals surface area contributed by atoms with E-state index in [9.17, 15) is 9.18 Å². The van der Waals surface area contributed by atoms with Crippen molar-refractivity contribution in [2.24, 2.45) is 0 Å². The van der Waals surface area contributed by atoms with Crippen LogP contribution in [0.2, 0.25) is 0 Å². The first kappa shape index (κ1) is 24.4. The minimum Gasteiger partial charge on any atom is -0.453 e. The van der Waals surface area contributed by atoms with E-state index in [0.717, 1.165) is 33.7 Å². The molecule has 0 aliphatic carbocycles. The van der Waals surface area contributed by atoms with Crippen LogP contribution >= 0.6 is 11.3 Å². The molecule has 0 aliphatic rings. The molecule has 5 nitrogen and oxygen atoms in total. The molecule has 0 fully saturated rings. The predicted molar refractivity (Wildman–Crippen MR) is 140 cm³/mol. The first-order valence-corrected chi connectivity index (χ1v) is 12.3. The molecule has 0 unspecified atom stereocenters. The highest BCUT2D eigenvalue weighted by Gasteiger charge is 2.13. The number of pyridine rings is 1. The van der Waals surface area contributed by atoms with Crippen molar-refractivity contribution in [3.63, 3.8) is 0 Å². The third kappa shape index (κ3) is 6.44. The number of carbonyl (C=O) groups is 1. The van der Waals surface area contributed by atoms with Gasteiger partial charge in [0.15, 0.2) is 11.6 Å². The number of thiophene rings is 1. The van der Waals surface area contributed by atoms with Crippen molar-refractivity contribution in [1.82, 2.24) is 9.88 Å². The van der Waals surface area contributed by atoms with Gasteiger partial charge in [0, 0.05) is 24.0 Å². The molecule has 0 bridgehead atoms. The van der Waals surface area contributed by atoms with Crippen molar-refractivity contribution >= 4 is 33.1 Å². The van der Waals surface area contributed by atoms with Crippen LogP contribution < -0.4 is 10.1 Å². The van der Waals surface area contributed by atoms with Crippen molar-refractivity contribution in [2.45, 2.75) is 20.3 Å². The fourth-order valence-electron chi connectivity index (χ4n) is 3.51. The van der Waals surface area contributed by atoms with E-state index in [1.54, 1.807) is 18.3 Å². The summed E-state index contributed by atoms with van der Waals surface area (Å²) in [6.45, 7) is 6.85. The molecule has 1 N–H and O–H groups in total. The number of nitrogens with zero attached hydrogens (tertiary/aromatic N) is 2. The molecule has 178 valence electrons. The predicted octanol–water partition coefficient (Wildman–Crippen LogP) is 6.10. The van der Waals surface area contributed by atoms with Crippen molar-refractivity contribution in [3.8, 4) is 23.3 Å². The minimum absolute atomic E-state index is 0.0705. The summed E-state index contributed by atoms with van der Waals surface area (Å²) < 4.78 is 21.5. The van der Waals surface area contributed by atoms with Crippen LogP contribution in [0.3, 0.4) is 0 Å². The number of benzene rings is 2. The number of anilines is 1. The van der Waals surface area contributed by atoms with Gasteiger partial charge >= 0.3 is 0 Å². The van der Waals surface area contributed by atoms with Gasteiger partial charge in [0.1, 0.15) is 5.75 Å². The Balaban J connectivity index is 1.46. The molecular weight excluding hydrogens is 461 g/mol. The maximum Gasteiger partial charge on any atom is 0.228 e. The summed E-state index contributed by atoms with van der Waals surface area (Å²) in [6.07, 6.45) is 1.85. The van der Waals surface area contributed by atoms with E-state index in [-0.39, 0.29) is 18.1 Å². The zero-order chi connectivity index (χ0) is 24.6. The first-order valence-electron chi connectivity index (χ1n) is 11.5. The van der Waals surface area contributed by atoms with Gasteiger partial charge < -0.3 is 10.1 Å². The van der Waals surface area contributed by atoms with Crippen LogP contribution in [0.1, 0.15) is 24.3 Å². The van der Waals surface area contributed by atoms with Crippen molar-refractivity contribution in [1.29, 1.82) is 0 Å². The van der Waals surface area contributed by atoms with Gasteiger partial charge in [0.25, 0.3) is 0 Å². The number of aromatic nitrogens is 1. The second-order valence-electron chi connectivity index (χ2n) is 7.86. The maximum atomic E-state index is 14.8. The van der Waals surface area contributed by atoms with Crippen LogP contribution in [-0.2, 0) is 11.2 Å². The molecule has 4 rings (SSSR count). The van der Waals surface area contributed by atoms with Gasteiger partial charge in [-0.1, -0.05) is 56.0 Å². The average Bonchev–Trinajstić information content (AvgIpc) is 3.28. The summed E-state index contributed by atoms with van der Waals surface area (Å²) in [7, 11) is 0. The van der Waals surface area contributed by atoms with Gasteiger partial charge in [-0.3, -0.25) is 14.7 Å². The Morgan fingerprint density at radius 1 is 1.09 bits per heavy atom. The normalized spacial score (nSPS) is 10.7. The Hall–Kier alpha value is -3.73. The number of nitrogens with one attached hydrogen (secondary N) is 1. The van der Waals surface area contributed by atoms with Crippen molar-refractivity contribution in [2.75, 3.05) is 25.0 Å². The molecule has 4 aromatic rings. The number of hydrogen-bond acceptors (Lipinski definition) is 5.